The van der Waals surface area contributed by atoms with Gasteiger partial charge in [-0.1, -0.05) is 0 Å². The van der Waals surface area contributed by atoms with Crippen LogP contribution in [-0.4, -0.2) is 17.5 Å². The molecule has 0 aromatic rings. The fourth-order valence-corrected chi connectivity index (χ4v) is 0. The molecule has 0 amide bonds. The van der Waals surface area contributed by atoms with Crippen LogP contribution in [0.5, 0.6) is 0 Å². The minimum atomic E-state index is -5.17. The first-order valence-electron chi connectivity index (χ1n) is 0.906. The van der Waals surface area contributed by atoms with E-state index < -0.39 is 10.4 Å². The third kappa shape index (κ3) is 113. The van der Waals surface area contributed by atoms with Crippen LogP contribution in [0.15, 0.2) is 0 Å². The molecule has 0 bridgehead atoms. The summed E-state index contributed by atoms with van der Waals surface area (Å²) in [6, 6.07) is 0. The Balaban J connectivity index is -0.0000000800. The zero-order valence-corrected chi connectivity index (χ0v) is 11.7. The van der Waals surface area contributed by atoms with Gasteiger partial charge in [0, 0.05) is 10.4 Å². The summed E-state index contributed by atoms with van der Waals surface area (Å²) in [6.07, 6.45) is 0. The summed E-state index contributed by atoms with van der Waals surface area (Å²) >= 11 is 4.65. The minimum absolute atomic E-state index is 0. The maximum absolute atomic E-state index is 8.52. The third-order valence-electron chi connectivity index (χ3n) is 0. The number of rotatable bonds is 0. The molecule has 9 heteroatoms. The van der Waals surface area contributed by atoms with Crippen molar-refractivity contribution in [3.63, 3.8) is 0 Å². The average molecular weight is 563 g/mol. The molecular weight excluding hydrogens is 563 g/mol. The second-order valence-electron chi connectivity index (χ2n) is 0.453. The van der Waals surface area contributed by atoms with Gasteiger partial charge in [-0.05, 0) is 0 Å². The molecule has 0 spiro atoms. The molecule has 0 aromatic carbocycles. The van der Waals surface area contributed by atoms with Crippen LogP contribution in [0.3, 0.4) is 0 Å². The molecule has 0 rings (SSSR count). The molecule has 0 radical (unpaired) electrons. The van der Waals surface area contributed by atoms with E-state index in [1.165, 1.54) is 0 Å². The van der Waals surface area contributed by atoms with Crippen molar-refractivity contribution in [3.05, 3.63) is 0 Å². The van der Waals surface area contributed by atoms with Gasteiger partial charge in [-0.25, -0.2) is 0 Å². The molecule has 0 aromatic heterocycles. The van der Waals surface area contributed by atoms with Gasteiger partial charge in [0.1, 0.15) is 0 Å². The summed E-state index contributed by atoms with van der Waals surface area (Å²) in [4.78, 5) is 0. The molecule has 64 valence electrons. The van der Waals surface area contributed by atoms with E-state index in [0.29, 0.717) is 0 Å². The molecule has 4 nitrogen and oxygen atoms in total. The summed E-state index contributed by atoms with van der Waals surface area (Å²) in [5.41, 5.74) is 0. The van der Waals surface area contributed by atoms with Crippen LogP contribution in [0.4, 0.5) is 0 Å². The van der Waals surface area contributed by atoms with E-state index in [1.807, 2.05) is 0 Å². The van der Waals surface area contributed by atoms with Gasteiger partial charge < -0.3 is 9.11 Å². The van der Waals surface area contributed by atoms with Gasteiger partial charge in [0.2, 0.25) is 0 Å². The molecule has 0 aliphatic rings. The second kappa shape index (κ2) is 10.7. The molecule has 0 aliphatic heterocycles. The fraction of sp³-hybridized carbons (Fsp3) is 0. The van der Waals surface area contributed by atoms with E-state index in [2.05, 4.69) is 39.0 Å². The largest absolute Gasteiger partial charge is 2.00 e. The molecule has 0 heterocycles. The third-order valence-corrected chi connectivity index (χ3v) is 0. The van der Waals surface area contributed by atoms with Gasteiger partial charge in [0.25, 0.3) is 0 Å². The first-order chi connectivity index (χ1) is 3.41. The Hall–Kier alpha value is 2.65. The molecule has 9 heavy (non-hydrogen) atoms. The normalized spacial score (nSPS) is 8.89. The Bertz CT molecular complexity index is 111. The van der Waals surface area contributed by atoms with Crippen LogP contribution in [-0.2, 0) is 41.6 Å². The van der Waals surface area contributed by atoms with Crippen molar-refractivity contribution >= 4 is 49.4 Å². The Kier molecular flexibility index (Phi) is 20.9. The Morgan fingerprint density at radius 2 is 1.22 bits per heavy atom. The van der Waals surface area contributed by atoms with Crippen molar-refractivity contribution in [1.29, 1.82) is 0 Å². The first kappa shape index (κ1) is 17.7. The zero-order chi connectivity index (χ0) is 7.21. The number of hydrogen-bond acceptors (Lipinski definition) is 4. The van der Waals surface area contributed by atoms with Gasteiger partial charge in [-0.15, -0.1) is 0 Å². The molecular formula is I2O4Pd2S. The maximum atomic E-state index is 8.52. The van der Waals surface area contributed by atoms with Crippen LogP contribution in [0.25, 0.3) is 0 Å². The van der Waals surface area contributed by atoms with E-state index >= 15 is 0 Å². The van der Waals surface area contributed by atoms with Gasteiger partial charge in [0.15, 0.2) is 0 Å². The predicted octanol–water partition coefficient (Wildman–Crippen LogP) is 0.428. The van der Waals surface area contributed by atoms with E-state index in [0.717, 1.165) is 10.8 Å². The second-order valence-corrected chi connectivity index (χ2v) is 13.3. The standard InChI is InChI=1S/2HI.H2O4S.2Pd/c;;1-5(2,3)4;;/h2*1H;(H2,1,2,3,4);;/q;;;2*+2/p-4. The Labute approximate surface area is 96.3 Å². The van der Waals surface area contributed by atoms with Crippen molar-refractivity contribution in [2.45, 2.75) is 0 Å². The van der Waals surface area contributed by atoms with Crippen molar-refractivity contribution in [2.75, 3.05) is 0 Å². The molecule has 0 unspecified atom stereocenters. The fourth-order valence-electron chi connectivity index (χ4n) is 0. The van der Waals surface area contributed by atoms with Crippen LogP contribution in [0.2, 0.25) is 0 Å². The molecule has 0 saturated carbocycles. The number of hydrogen-bond donors (Lipinski definition) is 0. The average Bonchev–Trinajstić information content (AvgIpc) is 1.27. The quantitative estimate of drug-likeness (QED) is 0.186. The monoisotopic (exact) mass is 562 g/mol. The maximum Gasteiger partial charge on any atom is 2.00 e. The zero-order valence-electron chi connectivity index (χ0n) is 3.43. The van der Waals surface area contributed by atoms with Gasteiger partial charge in [-0.3, -0.25) is 8.42 Å². The predicted molar refractivity (Wildman–Crippen MR) is 38.5 cm³/mol. The van der Waals surface area contributed by atoms with Crippen molar-refractivity contribution in [2.24, 2.45) is 0 Å². The van der Waals surface area contributed by atoms with Crippen molar-refractivity contribution in [1.82, 2.24) is 0 Å². The van der Waals surface area contributed by atoms with Crippen LogP contribution < -0.4 is 0 Å². The van der Waals surface area contributed by atoms with E-state index in [-0.39, 0.29) is 20.4 Å². The summed E-state index contributed by atoms with van der Waals surface area (Å²) in [5.74, 6) is 0. The van der Waals surface area contributed by atoms with E-state index in [4.69, 9.17) is 17.5 Å². The van der Waals surface area contributed by atoms with E-state index in [9.17, 15) is 0 Å². The van der Waals surface area contributed by atoms with Crippen molar-refractivity contribution in [3.8, 4) is 0 Å². The SMILES string of the molecule is O=S(=O)([O-])[O-].[I][Pd][I].[Pd+2]. The smallest absolute Gasteiger partial charge is 2.00 e. The van der Waals surface area contributed by atoms with Gasteiger partial charge >= 0.3 is 70.2 Å². The molecule has 0 saturated heterocycles. The molecule has 0 N–H and O–H groups in total. The summed E-state index contributed by atoms with van der Waals surface area (Å²) in [6.45, 7) is 0. The van der Waals surface area contributed by atoms with Crippen LogP contribution >= 0.6 is 39.0 Å². The molecule has 0 aliphatic carbocycles. The first-order valence-corrected chi connectivity index (χ1v) is 11.5. The van der Waals surface area contributed by atoms with Gasteiger partial charge in [0.05, 0.1) is 0 Å². The summed E-state index contributed by atoms with van der Waals surface area (Å²) in [5, 5.41) is 0. The summed E-state index contributed by atoms with van der Waals surface area (Å²) < 4.78 is 34.1. The topological polar surface area (TPSA) is 80.3 Å². The van der Waals surface area contributed by atoms with Crippen LogP contribution in [0, 0.1) is 0 Å². The van der Waals surface area contributed by atoms with Gasteiger partial charge in [-0.2, -0.15) is 0 Å². The van der Waals surface area contributed by atoms with Crippen molar-refractivity contribution < 1.29 is 48.7 Å². The van der Waals surface area contributed by atoms with Crippen LogP contribution in [0.1, 0.15) is 0 Å². The minimum Gasteiger partial charge on any atom is 2.00 e. The number of halogens is 2. The molecule has 0 fully saturated rings. The summed E-state index contributed by atoms with van der Waals surface area (Å²) in [7, 11) is -4.28. The Morgan fingerprint density at radius 3 is 1.22 bits per heavy atom. The van der Waals surface area contributed by atoms with E-state index in [1.54, 1.807) is 0 Å². The Morgan fingerprint density at radius 1 is 1.22 bits per heavy atom. The molecule has 0 atom stereocenters.